The summed E-state index contributed by atoms with van der Waals surface area (Å²) in [5.41, 5.74) is 6.92. The average Bonchev–Trinajstić information content (AvgIpc) is 3.96. The third-order valence-electron chi connectivity index (χ3n) is 13.5. The number of piperidine rings is 4. The molecule has 2 aromatic heterocycles. The van der Waals surface area contributed by atoms with E-state index >= 15 is 0 Å². The fourth-order valence-corrected chi connectivity index (χ4v) is 10.2. The molecule has 6 aliphatic heterocycles. The SMILES string of the molecule is O=C1CCC(N2Cc3ccc(N4CCC(CN5CCC(N6Cc7cc(NC(=O)c8ccc9nccn9n8)c(N8CCCCC8)cc7C6=O)CC5)CC4)cc3C2=O)C(=O)N1. The number of amides is 5. The minimum atomic E-state index is -0.607. The second kappa shape index (κ2) is 15.4. The number of imide groups is 1. The number of nitrogens with one attached hydrogen (secondary N) is 2. The number of hydrogen-bond donors (Lipinski definition) is 2. The van der Waals surface area contributed by atoms with Crippen molar-refractivity contribution in [1.82, 2.24) is 34.6 Å². The fraction of sp³-hybridized carbons (Fsp3) is 0.477. The van der Waals surface area contributed by atoms with E-state index in [1.165, 1.54) is 6.42 Å². The maximum absolute atomic E-state index is 14.1. The Labute approximate surface area is 342 Å². The van der Waals surface area contributed by atoms with Crippen LogP contribution in [0.3, 0.4) is 0 Å². The lowest BCUT2D eigenvalue weighted by Crippen LogP contribution is -2.52. The molecule has 4 fully saturated rings. The summed E-state index contributed by atoms with van der Waals surface area (Å²) < 4.78 is 1.59. The van der Waals surface area contributed by atoms with Crippen LogP contribution in [0.1, 0.15) is 100 Å². The predicted octanol–water partition coefficient (Wildman–Crippen LogP) is 4.07. The molecule has 5 amide bonds. The van der Waals surface area contributed by atoms with Gasteiger partial charge >= 0.3 is 0 Å². The highest BCUT2D eigenvalue weighted by atomic mass is 16.2. The van der Waals surface area contributed by atoms with Crippen molar-refractivity contribution in [3.63, 3.8) is 0 Å². The lowest BCUT2D eigenvalue weighted by atomic mass is 9.94. The number of imidazole rings is 1. The number of carbonyl (C=O) groups is 5. The van der Waals surface area contributed by atoms with E-state index in [4.69, 9.17) is 0 Å². The van der Waals surface area contributed by atoms with Crippen molar-refractivity contribution in [2.24, 2.45) is 5.92 Å². The number of nitrogens with zero attached hydrogens (tertiary/aromatic N) is 8. The van der Waals surface area contributed by atoms with Crippen LogP contribution in [0.4, 0.5) is 17.1 Å². The largest absolute Gasteiger partial charge is 0.371 e. The van der Waals surface area contributed by atoms with Crippen molar-refractivity contribution in [3.05, 3.63) is 82.8 Å². The van der Waals surface area contributed by atoms with Gasteiger partial charge in [0.2, 0.25) is 11.8 Å². The molecule has 8 heterocycles. The van der Waals surface area contributed by atoms with Gasteiger partial charge in [-0.1, -0.05) is 6.07 Å². The fourth-order valence-electron chi connectivity index (χ4n) is 10.2. The number of carbonyl (C=O) groups excluding carboxylic acids is 5. The van der Waals surface area contributed by atoms with Crippen LogP contribution in [0.25, 0.3) is 5.65 Å². The second-order valence-corrected chi connectivity index (χ2v) is 17.1. The molecule has 0 radical (unpaired) electrons. The number of aromatic nitrogens is 3. The van der Waals surface area contributed by atoms with Crippen molar-refractivity contribution >= 4 is 52.2 Å². The van der Waals surface area contributed by atoms with Gasteiger partial charge in [-0.25, -0.2) is 9.50 Å². The zero-order valence-electron chi connectivity index (χ0n) is 33.3. The lowest BCUT2D eigenvalue weighted by molar-refractivity contribution is -0.136. The maximum atomic E-state index is 14.1. The van der Waals surface area contributed by atoms with Gasteiger partial charge in [0.05, 0.1) is 11.4 Å². The molecule has 1 unspecified atom stereocenters. The van der Waals surface area contributed by atoms with Crippen LogP contribution in [0, 0.1) is 5.92 Å². The van der Waals surface area contributed by atoms with E-state index in [-0.39, 0.29) is 42.0 Å². The number of benzene rings is 2. The van der Waals surface area contributed by atoms with Gasteiger partial charge in [0.15, 0.2) is 5.65 Å². The van der Waals surface area contributed by atoms with E-state index in [0.717, 1.165) is 118 Å². The zero-order chi connectivity index (χ0) is 40.2. The molecule has 15 nitrogen and oxygen atoms in total. The molecule has 4 aromatic rings. The number of anilines is 3. The van der Waals surface area contributed by atoms with Gasteiger partial charge < -0.3 is 29.8 Å². The molecule has 2 N–H and O–H groups in total. The van der Waals surface area contributed by atoms with Crippen molar-refractivity contribution in [3.8, 4) is 0 Å². The third-order valence-corrected chi connectivity index (χ3v) is 13.5. The standard InChI is InChI=1S/C44H50N10O5/c55-40-9-7-37(42(57)47-40)53-26-29-4-5-32(23-33(29)44(53)59)50-19-10-28(11-20-50)25-49-17-12-31(13-18-49)52-27-30-22-36(38(24-34(30)43(52)58)51-15-2-1-3-16-51)46-41(56)35-6-8-39-45-14-21-54(39)48-35/h4-6,8,14,21-24,28,31,37H,1-3,7,9-13,15-20,25-27H2,(H,46,56)(H,47,55,57). The first-order valence-electron chi connectivity index (χ1n) is 21.4. The van der Waals surface area contributed by atoms with Crippen LogP contribution in [-0.2, 0) is 22.7 Å². The van der Waals surface area contributed by atoms with Gasteiger partial charge in [-0.2, -0.15) is 5.10 Å². The molecule has 0 bridgehead atoms. The number of fused-ring (bicyclic) bond motifs is 3. The first-order valence-corrected chi connectivity index (χ1v) is 21.4. The summed E-state index contributed by atoms with van der Waals surface area (Å²) in [4.78, 5) is 80.3. The Kier molecular flexibility index (Phi) is 9.78. The molecular weight excluding hydrogens is 749 g/mol. The van der Waals surface area contributed by atoms with Crippen LogP contribution in [0.5, 0.6) is 0 Å². The molecule has 0 saturated carbocycles. The molecule has 15 heteroatoms. The summed E-state index contributed by atoms with van der Waals surface area (Å²) in [6, 6.07) is 13.2. The summed E-state index contributed by atoms with van der Waals surface area (Å²) in [6.45, 7) is 7.51. The van der Waals surface area contributed by atoms with Crippen molar-refractivity contribution in [2.75, 3.05) is 60.9 Å². The van der Waals surface area contributed by atoms with E-state index in [1.54, 1.807) is 33.9 Å². The van der Waals surface area contributed by atoms with E-state index in [9.17, 15) is 24.0 Å². The smallest absolute Gasteiger partial charge is 0.276 e. The van der Waals surface area contributed by atoms with Crippen LogP contribution in [0.2, 0.25) is 0 Å². The maximum Gasteiger partial charge on any atom is 0.276 e. The predicted molar refractivity (Wildman–Crippen MR) is 220 cm³/mol. The van der Waals surface area contributed by atoms with E-state index in [0.29, 0.717) is 42.3 Å². The van der Waals surface area contributed by atoms with Gasteiger partial charge in [0, 0.05) is 101 Å². The number of rotatable bonds is 8. The van der Waals surface area contributed by atoms with Crippen LogP contribution < -0.4 is 20.4 Å². The van der Waals surface area contributed by atoms with E-state index in [1.807, 2.05) is 24.3 Å². The van der Waals surface area contributed by atoms with Gasteiger partial charge in [0.1, 0.15) is 11.7 Å². The summed E-state index contributed by atoms with van der Waals surface area (Å²) in [6.07, 6.45) is 11.3. The van der Waals surface area contributed by atoms with Gasteiger partial charge in [-0.05, 0) is 105 Å². The highest BCUT2D eigenvalue weighted by molar-refractivity contribution is 6.07. The molecule has 306 valence electrons. The zero-order valence-corrected chi connectivity index (χ0v) is 33.3. The Morgan fingerprint density at radius 2 is 1.53 bits per heavy atom. The first kappa shape index (κ1) is 37.4. The van der Waals surface area contributed by atoms with Gasteiger partial charge in [-0.3, -0.25) is 29.3 Å². The Balaban J connectivity index is 0.739. The highest BCUT2D eigenvalue weighted by Gasteiger charge is 2.40. The number of hydrogen-bond acceptors (Lipinski definition) is 10. The lowest BCUT2D eigenvalue weighted by Gasteiger charge is -2.40. The Hall–Kier alpha value is -5.83. The molecule has 59 heavy (non-hydrogen) atoms. The molecule has 2 aromatic carbocycles. The molecular formula is C44H50N10O5. The average molecular weight is 799 g/mol. The first-order chi connectivity index (χ1) is 28.8. The van der Waals surface area contributed by atoms with Crippen molar-refractivity contribution in [2.45, 2.75) is 83.0 Å². The van der Waals surface area contributed by atoms with E-state index in [2.05, 4.69) is 46.4 Å². The molecule has 1 atom stereocenters. The summed E-state index contributed by atoms with van der Waals surface area (Å²) in [5.74, 6) is -0.426. The minimum Gasteiger partial charge on any atom is -0.371 e. The Bertz CT molecular complexity index is 2340. The van der Waals surface area contributed by atoms with Crippen LogP contribution in [0.15, 0.2) is 54.9 Å². The normalized spacial score (nSPS) is 22.0. The third kappa shape index (κ3) is 7.19. The summed E-state index contributed by atoms with van der Waals surface area (Å²) in [5, 5.41) is 9.98. The van der Waals surface area contributed by atoms with E-state index < -0.39 is 6.04 Å². The molecule has 0 aliphatic carbocycles. The topological polar surface area (TPSA) is 156 Å². The highest BCUT2D eigenvalue weighted by Crippen LogP contribution is 2.38. The molecule has 0 spiro atoms. The molecule has 6 aliphatic rings. The van der Waals surface area contributed by atoms with Crippen molar-refractivity contribution < 1.29 is 24.0 Å². The summed E-state index contributed by atoms with van der Waals surface area (Å²) >= 11 is 0. The Morgan fingerprint density at radius 1 is 0.763 bits per heavy atom. The van der Waals surface area contributed by atoms with Gasteiger partial charge in [-0.15, -0.1) is 0 Å². The van der Waals surface area contributed by atoms with Crippen LogP contribution >= 0.6 is 0 Å². The quantitative estimate of drug-likeness (QED) is 0.250. The summed E-state index contributed by atoms with van der Waals surface area (Å²) in [7, 11) is 0. The van der Waals surface area contributed by atoms with Crippen molar-refractivity contribution in [1.29, 1.82) is 0 Å². The Morgan fingerprint density at radius 3 is 2.32 bits per heavy atom. The number of likely N-dealkylation sites (tertiary alicyclic amines) is 1. The molecule has 10 rings (SSSR count). The van der Waals surface area contributed by atoms with Crippen LogP contribution in [-0.4, -0.2) is 117 Å². The molecule has 4 saturated heterocycles. The second-order valence-electron chi connectivity index (χ2n) is 17.1. The minimum absolute atomic E-state index is 0.0890. The monoisotopic (exact) mass is 798 g/mol. The van der Waals surface area contributed by atoms with Gasteiger partial charge in [0.25, 0.3) is 17.7 Å².